The van der Waals surface area contributed by atoms with Gasteiger partial charge in [-0.15, -0.1) is 0 Å². The minimum absolute atomic E-state index is 0.0232. The molecule has 2 amide bonds. The first kappa shape index (κ1) is 13.3. The number of likely N-dealkylation sites (tertiary alicyclic amines) is 1. The molecule has 2 N–H and O–H groups in total. The highest BCUT2D eigenvalue weighted by Crippen LogP contribution is 2.20. The van der Waals surface area contributed by atoms with E-state index in [-0.39, 0.29) is 18.2 Å². The molecule has 0 radical (unpaired) electrons. The maximum absolute atomic E-state index is 11.9. The van der Waals surface area contributed by atoms with Crippen LogP contribution in [0.3, 0.4) is 0 Å². The van der Waals surface area contributed by atoms with E-state index < -0.39 is 0 Å². The van der Waals surface area contributed by atoms with Crippen LogP contribution in [0.2, 0.25) is 0 Å². The van der Waals surface area contributed by atoms with E-state index in [1.165, 1.54) is 6.42 Å². The topological polar surface area (TPSA) is 52.6 Å². The predicted octanol–water partition coefficient (Wildman–Crippen LogP) is 1.73. The first-order chi connectivity index (χ1) is 7.65. The van der Waals surface area contributed by atoms with E-state index in [2.05, 4.69) is 5.32 Å². The largest absolute Gasteiger partial charge is 0.393 e. The summed E-state index contributed by atoms with van der Waals surface area (Å²) in [5.74, 6) is 0. The molecule has 1 aliphatic rings. The molecule has 2 unspecified atom stereocenters. The van der Waals surface area contributed by atoms with Crippen molar-refractivity contribution < 1.29 is 9.90 Å². The molecule has 4 nitrogen and oxygen atoms in total. The van der Waals surface area contributed by atoms with Crippen LogP contribution in [0.25, 0.3) is 0 Å². The number of aliphatic hydroxyl groups excluding tert-OH is 1. The van der Waals surface area contributed by atoms with Crippen LogP contribution >= 0.6 is 0 Å². The molecule has 1 saturated heterocycles. The van der Waals surface area contributed by atoms with E-state index in [1.807, 2.05) is 11.8 Å². The number of rotatable bonds is 3. The van der Waals surface area contributed by atoms with Gasteiger partial charge in [0.05, 0.1) is 6.10 Å². The molecule has 16 heavy (non-hydrogen) atoms. The van der Waals surface area contributed by atoms with Crippen LogP contribution in [0, 0.1) is 0 Å². The van der Waals surface area contributed by atoms with Crippen molar-refractivity contribution >= 4 is 6.03 Å². The molecule has 0 aromatic rings. The number of urea groups is 1. The molecule has 0 aromatic heterocycles. The lowest BCUT2D eigenvalue weighted by molar-refractivity contribution is 0.122. The molecule has 0 bridgehead atoms. The van der Waals surface area contributed by atoms with Crippen LogP contribution in [-0.4, -0.2) is 41.3 Å². The SMILES string of the molecule is CCNC(=O)N1CCCCCC1CC(C)O. The van der Waals surface area contributed by atoms with Crippen molar-refractivity contribution in [3.05, 3.63) is 0 Å². The molecular formula is C12H24N2O2. The number of nitrogens with one attached hydrogen (secondary N) is 1. The summed E-state index contributed by atoms with van der Waals surface area (Å²) in [6.07, 6.45) is 4.80. The van der Waals surface area contributed by atoms with Crippen LogP contribution in [0.15, 0.2) is 0 Å². The molecule has 1 rings (SSSR count). The summed E-state index contributed by atoms with van der Waals surface area (Å²) < 4.78 is 0. The summed E-state index contributed by atoms with van der Waals surface area (Å²) in [5, 5.41) is 12.3. The zero-order chi connectivity index (χ0) is 12.0. The molecule has 1 aliphatic heterocycles. The number of carbonyl (C=O) groups is 1. The van der Waals surface area contributed by atoms with Gasteiger partial charge in [-0.2, -0.15) is 0 Å². The van der Waals surface area contributed by atoms with Crippen LogP contribution in [-0.2, 0) is 0 Å². The third kappa shape index (κ3) is 4.00. The molecule has 1 heterocycles. The maximum Gasteiger partial charge on any atom is 0.317 e. The zero-order valence-electron chi connectivity index (χ0n) is 10.4. The van der Waals surface area contributed by atoms with E-state index in [9.17, 15) is 9.90 Å². The number of hydrogen-bond donors (Lipinski definition) is 2. The number of hydrogen-bond acceptors (Lipinski definition) is 2. The number of amides is 2. The highest BCUT2D eigenvalue weighted by molar-refractivity contribution is 5.74. The zero-order valence-corrected chi connectivity index (χ0v) is 10.4. The van der Waals surface area contributed by atoms with Gasteiger partial charge in [0.1, 0.15) is 0 Å². The van der Waals surface area contributed by atoms with E-state index in [0.29, 0.717) is 13.0 Å². The second kappa shape index (κ2) is 6.74. The second-order valence-corrected chi connectivity index (χ2v) is 4.62. The molecule has 0 aliphatic carbocycles. The lowest BCUT2D eigenvalue weighted by Crippen LogP contribution is -2.46. The predicted molar refractivity (Wildman–Crippen MR) is 64.3 cm³/mol. The van der Waals surface area contributed by atoms with Crippen molar-refractivity contribution in [2.45, 2.75) is 58.1 Å². The summed E-state index contributed by atoms with van der Waals surface area (Å²) in [6.45, 7) is 5.21. The smallest absolute Gasteiger partial charge is 0.317 e. The van der Waals surface area contributed by atoms with Crippen molar-refractivity contribution in [2.75, 3.05) is 13.1 Å². The highest BCUT2D eigenvalue weighted by atomic mass is 16.3. The van der Waals surface area contributed by atoms with Gasteiger partial charge in [-0.05, 0) is 33.1 Å². The van der Waals surface area contributed by atoms with Gasteiger partial charge in [0.25, 0.3) is 0 Å². The quantitative estimate of drug-likeness (QED) is 0.773. The van der Waals surface area contributed by atoms with Crippen LogP contribution in [0.4, 0.5) is 4.79 Å². The van der Waals surface area contributed by atoms with Gasteiger partial charge in [0.15, 0.2) is 0 Å². The van der Waals surface area contributed by atoms with Gasteiger partial charge < -0.3 is 15.3 Å². The van der Waals surface area contributed by atoms with Gasteiger partial charge >= 0.3 is 6.03 Å². The van der Waals surface area contributed by atoms with E-state index in [0.717, 1.165) is 25.8 Å². The second-order valence-electron chi connectivity index (χ2n) is 4.62. The Morgan fingerprint density at radius 2 is 2.25 bits per heavy atom. The van der Waals surface area contributed by atoms with Gasteiger partial charge in [-0.25, -0.2) is 4.79 Å². The number of nitrogens with zero attached hydrogens (tertiary/aromatic N) is 1. The van der Waals surface area contributed by atoms with Crippen molar-refractivity contribution in [1.82, 2.24) is 10.2 Å². The standard InChI is InChI=1S/C12H24N2O2/c1-3-13-12(16)14-8-6-4-5-7-11(14)9-10(2)15/h10-11,15H,3-9H2,1-2H3,(H,13,16). The normalized spacial score (nSPS) is 23.7. The molecule has 0 aromatic carbocycles. The highest BCUT2D eigenvalue weighted by Gasteiger charge is 2.25. The molecule has 94 valence electrons. The van der Waals surface area contributed by atoms with Crippen LogP contribution < -0.4 is 5.32 Å². The average Bonchev–Trinajstić information content (AvgIpc) is 2.43. The van der Waals surface area contributed by atoms with E-state index in [1.54, 1.807) is 6.92 Å². The Kier molecular flexibility index (Phi) is 5.60. The first-order valence-electron chi connectivity index (χ1n) is 6.37. The summed E-state index contributed by atoms with van der Waals surface area (Å²) in [7, 11) is 0. The van der Waals surface area contributed by atoms with Crippen LogP contribution in [0.1, 0.15) is 46.0 Å². The van der Waals surface area contributed by atoms with Gasteiger partial charge in [0, 0.05) is 19.1 Å². The van der Waals surface area contributed by atoms with Crippen molar-refractivity contribution in [2.24, 2.45) is 0 Å². The minimum atomic E-state index is -0.333. The first-order valence-corrected chi connectivity index (χ1v) is 6.37. The average molecular weight is 228 g/mol. The molecule has 1 fully saturated rings. The van der Waals surface area contributed by atoms with Crippen LogP contribution in [0.5, 0.6) is 0 Å². The van der Waals surface area contributed by atoms with Gasteiger partial charge in [-0.1, -0.05) is 12.8 Å². The monoisotopic (exact) mass is 228 g/mol. The maximum atomic E-state index is 11.9. The van der Waals surface area contributed by atoms with Gasteiger partial charge in [-0.3, -0.25) is 0 Å². The summed E-state index contributed by atoms with van der Waals surface area (Å²) in [6, 6.07) is 0.226. The fraction of sp³-hybridized carbons (Fsp3) is 0.917. The Morgan fingerprint density at radius 1 is 1.50 bits per heavy atom. The number of aliphatic hydroxyl groups is 1. The minimum Gasteiger partial charge on any atom is -0.393 e. The molecule has 0 spiro atoms. The molecule has 2 atom stereocenters. The van der Waals surface area contributed by atoms with Gasteiger partial charge in [0.2, 0.25) is 0 Å². The Balaban J connectivity index is 2.61. The Hall–Kier alpha value is -0.770. The Labute approximate surface area is 98.0 Å². The molecule has 0 saturated carbocycles. The Bertz CT molecular complexity index is 219. The van der Waals surface area contributed by atoms with Crippen molar-refractivity contribution in [1.29, 1.82) is 0 Å². The lowest BCUT2D eigenvalue weighted by atomic mass is 10.0. The van der Waals surface area contributed by atoms with Crippen molar-refractivity contribution in [3.8, 4) is 0 Å². The molecule has 4 heteroatoms. The van der Waals surface area contributed by atoms with Crippen molar-refractivity contribution in [3.63, 3.8) is 0 Å². The third-order valence-electron chi connectivity index (χ3n) is 3.08. The Morgan fingerprint density at radius 3 is 2.88 bits per heavy atom. The van der Waals surface area contributed by atoms with E-state index >= 15 is 0 Å². The van der Waals surface area contributed by atoms with E-state index in [4.69, 9.17) is 0 Å². The fourth-order valence-electron chi connectivity index (χ4n) is 2.34. The summed E-state index contributed by atoms with van der Waals surface area (Å²) in [5.41, 5.74) is 0. The number of carbonyl (C=O) groups excluding carboxylic acids is 1. The fourth-order valence-corrected chi connectivity index (χ4v) is 2.34. The summed E-state index contributed by atoms with van der Waals surface area (Å²) >= 11 is 0. The third-order valence-corrected chi connectivity index (χ3v) is 3.08. The molecular weight excluding hydrogens is 204 g/mol. The lowest BCUT2D eigenvalue weighted by Gasteiger charge is -2.30. The summed E-state index contributed by atoms with van der Waals surface area (Å²) in [4.78, 5) is 13.8.